The molecule has 2 aromatic rings. The van der Waals surface area contributed by atoms with Crippen molar-refractivity contribution in [3.05, 3.63) is 47.5 Å². The molecule has 0 unspecified atom stereocenters. The molecule has 122 valence electrons. The average Bonchev–Trinajstić information content (AvgIpc) is 3.26. The normalized spacial score (nSPS) is 19.0. The lowest BCUT2D eigenvalue weighted by Crippen LogP contribution is -2.45. The van der Waals surface area contributed by atoms with Gasteiger partial charge in [-0.25, -0.2) is 4.39 Å². The first-order valence-electron chi connectivity index (χ1n) is 8.67. The second-order valence-electron chi connectivity index (χ2n) is 7.93. The number of fused-ring (bicyclic) bond motifs is 1. The first-order chi connectivity index (χ1) is 10.9. The largest absolute Gasteiger partial charge is 0.345 e. The van der Waals surface area contributed by atoms with Gasteiger partial charge in [0.25, 0.3) is 0 Å². The van der Waals surface area contributed by atoms with Crippen molar-refractivity contribution in [2.75, 3.05) is 6.54 Å². The second kappa shape index (κ2) is 5.20. The summed E-state index contributed by atoms with van der Waals surface area (Å²) in [5, 5.41) is 0. The van der Waals surface area contributed by atoms with Gasteiger partial charge in [0, 0.05) is 47.7 Å². The Balaban J connectivity index is 1.80. The van der Waals surface area contributed by atoms with Gasteiger partial charge in [0.1, 0.15) is 5.82 Å². The summed E-state index contributed by atoms with van der Waals surface area (Å²) in [5.41, 5.74) is 4.77. The van der Waals surface area contributed by atoms with Crippen LogP contribution in [0.15, 0.2) is 30.3 Å². The summed E-state index contributed by atoms with van der Waals surface area (Å²) in [6, 6.07) is 9.44. The van der Waals surface area contributed by atoms with Crippen molar-refractivity contribution in [3.8, 4) is 11.1 Å². The van der Waals surface area contributed by atoms with Gasteiger partial charge in [0.15, 0.2) is 0 Å². The van der Waals surface area contributed by atoms with E-state index in [1.54, 1.807) is 12.1 Å². The van der Waals surface area contributed by atoms with Gasteiger partial charge < -0.3 is 4.57 Å². The minimum absolute atomic E-state index is 0.106. The van der Waals surface area contributed by atoms with Gasteiger partial charge >= 0.3 is 0 Å². The van der Waals surface area contributed by atoms with Gasteiger partial charge in [-0.1, -0.05) is 18.2 Å². The quantitative estimate of drug-likeness (QED) is 0.774. The van der Waals surface area contributed by atoms with Crippen molar-refractivity contribution >= 4 is 0 Å². The molecule has 2 heterocycles. The van der Waals surface area contributed by atoms with Crippen LogP contribution >= 0.6 is 0 Å². The Hall–Kier alpha value is -1.61. The van der Waals surface area contributed by atoms with Crippen LogP contribution in [0.4, 0.5) is 4.39 Å². The predicted octanol–water partition coefficient (Wildman–Crippen LogP) is 4.79. The molecule has 4 rings (SSSR count). The molecule has 1 fully saturated rings. The molecule has 1 aromatic carbocycles. The fourth-order valence-corrected chi connectivity index (χ4v) is 3.77. The third-order valence-electron chi connectivity index (χ3n) is 5.25. The minimum atomic E-state index is -0.106. The first-order valence-corrected chi connectivity index (χ1v) is 8.67. The first kappa shape index (κ1) is 14.9. The fraction of sp³-hybridized carbons (Fsp3) is 0.500. The Bertz CT molecular complexity index is 735. The van der Waals surface area contributed by atoms with E-state index in [0.717, 1.165) is 30.8 Å². The maximum absolute atomic E-state index is 14.3. The third-order valence-corrected chi connectivity index (χ3v) is 5.25. The summed E-state index contributed by atoms with van der Waals surface area (Å²) in [4.78, 5) is 2.52. The Morgan fingerprint density at radius 2 is 1.78 bits per heavy atom. The fourth-order valence-electron chi connectivity index (χ4n) is 3.77. The molecule has 2 aliphatic rings. The average molecular weight is 312 g/mol. The zero-order valence-electron chi connectivity index (χ0n) is 14.3. The molecular formula is C20H25FN2. The Morgan fingerprint density at radius 1 is 1.04 bits per heavy atom. The molecule has 1 aromatic heterocycles. The van der Waals surface area contributed by atoms with E-state index in [-0.39, 0.29) is 11.4 Å². The van der Waals surface area contributed by atoms with E-state index < -0.39 is 0 Å². The van der Waals surface area contributed by atoms with Gasteiger partial charge in [-0.05, 0) is 51.7 Å². The number of hydrogen-bond acceptors (Lipinski definition) is 1. The molecule has 23 heavy (non-hydrogen) atoms. The predicted molar refractivity (Wildman–Crippen MR) is 92.0 cm³/mol. The molecule has 1 aliphatic heterocycles. The van der Waals surface area contributed by atoms with Crippen LogP contribution in [0.2, 0.25) is 0 Å². The van der Waals surface area contributed by atoms with Crippen molar-refractivity contribution in [3.63, 3.8) is 0 Å². The molecule has 0 saturated heterocycles. The molecule has 0 N–H and O–H groups in total. The SMILES string of the molecule is CC(C)(C)N1CCn2c(cc(-c3ccccc3F)c2C2CC2)C1. The topological polar surface area (TPSA) is 8.17 Å². The van der Waals surface area contributed by atoms with Crippen molar-refractivity contribution in [1.29, 1.82) is 0 Å². The second-order valence-corrected chi connectivity index (χ2v) is 7.93. The van der Waals surface area contributed by atoms with E-state index in [9.17, 15) is 4.39 Å². The number of hydrogen-bond donors (Lipinski definition) is 0. The van der Waals surface area contributed by atoms with Gasteiger partial charge in [0.05, 0.1) is 0 Å². The molecule has 0 atom stereocenters. The van der Waals surface area contributed by atoms with Gasteiger partial charge in [0.2, 0.25) is 0 Å². The number of halogens is 1. The van der Waals surface area contributed by atoms with Crippen molar-refractivity contribution < 1.29 is 4.39 Å². The summed E-state index contributed by atoms with van der Waals surface area (Å²) in [5.74, 6) is 0.518. The Morgan fingerprint density at radius 3 is 2.43 bits per heavy atom. The number of benzene rings is 1. The van der Waals surface area contributed by atoms with Crippen LogP contribution in [0.5, 0.6) is 0 Å². The molecule has 0 spiro atoms. The van der Waals surface area contributed by atoms with Gasteiger partial charge in [-0.2, -0.15) is 0 Å². The van der Waals surface area contributed by atoms with Crippen molar-refractivity contribution in [2.24, 2.45) is 0 Å². The molecule has 1 aliphatic carbocycles. The summed E-state index contributed by atoms with van der Waals surface area (Å²) in [6.07, 6.45) is 2.49. The summed E-state index contributed by atoms with van der Waals surface area (Å²) < 4.78 is 16.8. The standard InChI is InChI=1S/C20H25FN2/c1-20(2,3)22-10-11-23-15(13-22)12-17(19(23)14-8-9-14)16-6-4-5-7-18(16)21/h4-7,12,14H,8-11,13H2,1-3H3. The smallest absolute Gasteiger partial charge is 0.131 e. The van der Waals surface area contributed by atoms with Gasteiger partial charge in [-0.3, -0.25) is 4.90 Å². The van der Waals surface area contributed by atoms with Crippen LogP contribution in [0.25, 0.3) is 11.1 Å². The van der Waals surface area contributed by atoms with Crippen LogP contribution in [0.1, 0.15) is 50.9 Å². The van der Waals surface area contributed by atoms with Crippen LogP contribution < -0.4 is 0 Å². The highest BCUT2D eigenvalue weighted by atomic mass is 19.1. The summed E-state index contributed by atoms with van der Waals surface area (Å²) >= 11 is 0. The highest BCUT2D eigenvalue weighted by Gasteiger charge is 2.35. The van der Waals surface area contributed by atoms with E-state index in [2.05, 4.69) is 36.3 Å². The van der Waals surface area contributed by atoms with E-state index in [4.69, 9.17) is 0 Å². The van der Waals surface area contributed by atoms with Crippen LogP contribution in [0.3, 0.4) is 0 Å². The van der Waals surface area contributed by atoms with Gasteiger partial charge in [-0.15, -0.1) is 0 Å². The lowest BCUT2D eigenvalue weighted by Gasteiger charge is -2.39. The lowest BCUT2D eigenvalue weighted by atomic mass is 10.0. The number of nitrogens with zero attached hydrogens (tertiary/aromatic N) is 2. The van der Waals surface area contributed by atoms with E-state index in [0.29, 0.717) is 5.92 Å². The zero-order chi connectivity index (χ0) is 16.2. The van der Waals surface area contributed by atoms with E-state index in [1.807, 2.05) is 12.1 Å². The molecular weight excluding hydrogens is 287 g/mol. The zero-order valence-corrected chi connectivity index (χ0v) is 14.3. The Labute approximate surface area is 137 Å². The minimum Gasteiger partial charge on any atom is -0.345 e. The molecule has 0 amide bonds. The number of rotatable bonds is 2. The van der Waals surface area contributed by atoms with Crippen LogP contribution in [0, 0.1) is 5.82 Å². The maximum atomic E-state index is 14.3. The summed E-state index contributed by atoms with van der Waals surface area (Å²) in [6.45, 7) is 9.85. The Kier molecular flexibility index (Phi) is 3.38. The highest BCUT2D eigenvalue weighted by Crippen LogP contribution is 2.47. The van der Waals surface area contributed by atoms with Crippen LogP contribution in [-0.2, 0) is 13.1 Å². The molecule has 3 heteroatoms. The lowest BCUT2D eigenvalue weighted by molar-refractivity contribution is 0.102. The van der Waals surface area contributed by atoms with Crippen molar-refractivity contribution in [2.45, 2.75) is 58.2 Å². The molecule has 1 saturated carbocycles. The third kappa shape index (κ3) is 2.61. The van der Waals surface area contributed by atoms with E-state index >= 15 is 0 Å². The maximum Gasteiger partial charge on any atom is 0.131 e. The van der Waals surface area contributed by atoms with Crippen LogP contribution in [-0.4, -0.2) is 21.6 Å². The molecule has 0 bridgehead atoms. The molecule has 2 nitrogen and oxygen atoms in total. The summed E-state index contributed by atoms with van der Waals surface area (Å²) in [7, 11) is 0. The van der Waals surface area contributed by atoms with E-state index in [1.165, 1.54) is 24.2 Å². The monoisotopic (exact) mass is 312 g/mol. The number of aromatic nitrogens is 1. The molecule has 0 radical (unpaired) electrons. The van der Waals surface area contributed by atoms with Crippen molar-refractivity contribution in [1.82, 2.24) is 9.47 Å². The highest BCUT2D eigenvalue weighted by molar-refractivity contribution is 5.69.